The van der Waals surface area contributed by atoms with Gasteiger partial charge >= 0.3 is 0 Å². The molecule has 0 amide bonds. The highest BCUT2D eigenvalue weighted by atomic mass is 16.8. The van der Waals surface area contributed by atoms with Crippen LogP contribution < -0.4 is 4.74 Å². The molecule has 2 heterocycles. The lowest BCUT2D eigenvalue weighted by molar-refractivity contribution is -0.232. The molecule has 2 aliphatic rings. The van der Waals surface area contributed by atoms with E-state index in [-0.39, 0.29) is 0 Å². The molecule has 2 N–H and O–H groups in total. The molecule has 1 aromatic rings. The molecule has 158 valence electrons. The van der Waals surface area contributed by atoms with Crippen molar-refractivity contribution in [2.75, 3.05) is 13.2 Å². The highest BCUT2D eigenvalue weighted by Gasteiger charge is 2.56. The first-order valence-electron chi connectivity index (χ1n) is 10.1. The van der Waals surface area contributed by atoms with Crippen LogP contribution in [0.3, 0.4) is 0 Å². The summed E-state index contributed by atoms with van der Waals surface area (Å²) in [6.07, 6.45) is -0.00224. The van der Waals surface area contributed by atoms with Gasteiger partial charge in [0.05, 0.1) is 19.8 Å². The summed E-state index contributed by atoms with van der Waals surface area (Å²) in [5.41, 5.74) is 0.972. The van der Waals surface area contributed by atoms with E-state index in [1.807, 2.05) is 38.1 Å². The van der Waals surface area contributed by atoms with Gasteiger partial charge in [-0.1, -0.05) is 31.9 Å². The van der Waals surface area contributed by atoms with Gasteiger partial charge in [-0.25, -0.2) is 0 Å². The standard InChI is InChI=1S/C21H32O7/c1-4-5-6-11-24-15-9-7-14(8-10-15)13-25-18-17(16(23)12-22)26-20-19(18)27-21(2,3)28-20/h7-10,16-20,22-23H,4-6,11-13H2,1-3H3/t16-,17+,18-,19-,20+/m1/s1. The number of hydrogen-bond acceptors (Lipinski definition) is 7. The fraction of sp³-hybridized carbons (Fsp3) is 0.714. The second-order valence-corrected chi connectivity index (χ2v) is 7.79. The largest absolute Gasteiger partial charge is 0.494 e. The van der Waals surface area contributed by atoms with Gasteiger partial charge in [0.2, 0.25) is 0 Å². The van der Waals surface area contributed by atoms with Crippen LogP contribution in [0.5, 0.6) is 5.75 Å². The van der Waals surface area contributed by atoms with E-state index in [4.69, 9.17) is 23.7 Å². The van der Waals surface area contributed by atoms with Crippen molar-refractivity contribution in [3.63, 3.8) is 0 Å². The summed E-state index contributed by atoms with van der Waals surface area (Å²) in [5.74, 6) is 0.0648. The SMILES string of the molecule is CCCCCOc1ccc(CO[C@@H]2[C@H]([C@H](O)CO)O[C@H]3OC(C)(C)O[C@@H]32)cc1. The van der Waals surface area contributed by atoms with Crippen molar-refractivity contribution < 1.29 is 33.9 Å². The molecule has 0 bridgehead atoms. The third kappa shape index (κ3) is 5.23. The second kappa shape index (κ2) is 9.52. The summed E-state index contributed by atoms with van der Waals surface area (Å²) in [6, 6.07) is 7.76. The molecular weight excluding hydrogens is 364 g/mol. The predicted molar refractivity (Wildman–Crippen MR) is 102 cm³/mol. The van der Waals surface area contributed by atoms with Gasteiger partial charge in [0.15, 0.2) is 12.1 Å². The first-order chi connectivity index (χ1) is 13.4. The topological polar surface area (TPSA) is 86.6 Å². The van der Waals surface area contributed by atoms with Crippen molar-refractivity contribution in [3.05, 3.63) is 29.8 Å². The van der Waals surface area contributed by atoms with Crippen LogP contribution in [0.1, 0.15) is 45.6 Å². The van der Waals surface area contributed by atoms with E-state index in [2.05, 4.69) is 6.92 Å². The molecule has 5 atom stereocenters. The van der Waals surface area contributed by atoms with Gasteiger partial charge in [-0.2, -0.15) is 0 Å². The van der Waals surface area contributed by atoms with Crippen LogP contribution in [0, 0.1) is 0 Å². The fourth-order valence-electron chi connectivity index (χ4n) is 3.52. The Morgan fingerprint density at radius 1 is 1.14 bits per heavy atom. The first-order valence-corrected chi connectivity index (χ1v) is 10.1. The lowest BCUT2D eigenvalue weighted by Gasteiger charge is -2.28. The third-order valence-corrected chi connectivity index (χ3v) is 4.98. The number of ether oxygens (including phenoxy) is 5. The average Bonchev–Trinajstić information content (AvgIpc) is 3.15. The molecule has 0 spiro atoms. The number of aliphatic hydroxyl groups is 2. The zero-order valence-corrected chi connectivity index (χ0v) is 16.9. The third-order valence-electron chi connectivity index (χ3n) is 4.98. The molecule has 2 fully saturated rings. The normalized spacial score (nSPS) is 29.6. The maximum atomic E-state index is 10.1. The number of hydrogen-bond donors (Lipinski definition) is 2. The Labute approximate surface area is 166 Å². The van der Waals surface area contributed by atoms with Gasteiger partial charge in [0, 0.05) is 0 Å². The number of aliphatic hydroxyl groups excluding tert-OH is 2. The zero-order chi connectivity index (χ0) is 20.1. The number of fused-ring (bicyclic) bond motifs is 1. The summed E-state index contributed by atoms with van der Waals surface area (Å²) in [4.78, 5) is 0. The first kappa shape index (κ1) is 21.5. The molecule has 2 saturated heterocycles. The highest BCUT2D eigenvalue weighted by molar-refractivity contribution is 5.26. The van der Waals surface area contributed by atoms with E-state index < -0.39 is 43.1 Å². The number of benzene rings is 1. The molecule has 1 aromatic carbocycles. The Balaban J connectivity index is 1.56. The molecule has 7 nitrogen and oxygen atoms in total. The molecular formula is C21H32O7. The van der Waals surface area contributed by atoms with E-state index in [9.17, 15) is 10.2 Å². The lowest BCUT2D eigenvalue weighted by atomic mass is 10.1. The van der Waals surface area contributed by atoms with E-state index in [1.165, 1.54) is 12.8 Å². The Hall–Kier alpha value is -1.22. The van der Waals surface area contributed by atoms with E-state index in [0.29, 0.717) is 6.61 Å². The molecule has 0 aliphatic carbocycles. The van der Waals surface area contributed by atoms with Crippen LogP contribution >= 0.6 is 0 Å². The Morgan fingerprint density at radius 3 is 2.57 bits per heavy atom. The molecule has 0 radical (unpaired) electrons. The van der Waals surface area contributed by atoms with Crippen LogP contribution in [0.2, 0.25) is 0 Å². The van der Waals surface area contributed by atoms with Gasteiger partial charge in [-0.3, -0.25) is 0 Å². The van der Waals surface area contributed by atoms with E-state index in [0.717, 1.165) is 24.3 Å². The maximum absolute atomic E-state index is 10.1. The van der Waals surface area contributed by atoms with Gasteiger partial charge in [-0.15, -0.1) is 0 Å². The minimum Gasteiger partial charge on any atom is -0.494 e. The van der Waals surface area contributed by atoms with Gasteiger partial charge in [-0.05, 0) is 38.0 Å². The zero-order valence-electron chi connectivity index (χ0n) is 16.9. The van der Waals surface area contributed by atoms with Crippen LogP contribution in [-0.4, -0.2) is 59.9 Å². The summed E-state index contributed by atoms with van der Waals surface area (Å²) in [5, 5.41) is 19.4. The quantitative estimate of drug-likeness (QED) is 0.587. The monoisotopic (exact) mass is 396 g/mol. The van der Waals surface area contributed by atoms with Gasteiger partial charge < -0.3 is 33.9 Å². The van der Waals surface area contributed by atoms with E-state index in [1.54, 1.807) is 0 Å². The maximum Gasteiger partial charge on any atom is 0.190 e. The fourth-order valence-corrected chi connectivity index (χ4v) is 3.52. The molecule has 28 heavy (non-hydrogen) atoms. The van der Waals surface area contributed by atoms with Crippen LogP contribution in [0.15, 0.2) is 24.3 Å². The van der Waals surface area contributed by atoms with Crippen LogP contribution in [0.25, 0.3) is 0 Å². The van der Waals surface area contributed by atoms with Crippen molar-refractivity contribution >= 4 is 0 Å². The molecule has 3 rings (SSSR count). The predicted octanol–water partition coefficient (Wildman–Crippen LogP) is 2.37. The minimum absolute atomic E-state index is 0.325. The molecule has 0 unspecified atom stereocenters. The molecule has 2 aliphatic heterocycles. The Kier molecular flexibility index (Phi) is 7.31. The van der Waals surface area contributed by atoms with Gasteiger partial charge in [0.25, 0.3) is 0 Å². The Morgan fingerprint density at radius 2 is 1.89 bits per heavy atom. The summed E-state index contributed by atoms with van der Waals surface area (Å²) >= 11 is 0. The lowest BCUT2D eigenvalue weighted by Crippen LogP contribution is -2.44. The second-order valence-electron chi connectivity index (χ2n) is 7.79. The number of rotatable bonds is 10. The van der Waals surface area contributed by atoms with Crippen molar-refractivity contribution in [1.29, 1.82) is 0 Å². The molecule has 0 aromatic heterocycles. The van der Waals surface area contributed by atoms with Crippen molar-refractivity contribution in [3.8, 4) is 5.75 Å². The van der Waals surface area contributed by atoms with E-state index >= 15 is 0 Å². The summed E-state index contributed by atoms with van der Waals surface area (Å²) in [7, 11) is 0. The van der Waals surface area contributed by atoms with Crippen LogP contribution in [-0.2, 0) is 25.6 Å². The molecule has 7 heteroatoms. The summed E-state index contributed by atoms with van der Waals surface area (Å²) in [6.45, 7) is 6.41. The minimum atomic E-state index is -1.06. The number of unbranched alkanes of at least 4 members (excludes halogenated alkanes) is 2. The molecule has 0 saturated carbocycles. The van der Waals surface area contributed by atoms with Crippen molar-refractivity contribution in [1.82, 2.24) is 0 Å². The summed E-state index contributed by atoms with van der Waals surface area (Å²) < 4.78 is 29.1. The van der Waals surface area contributed by atoms with Crippen molar-refractivity contribution in [2.24, 2.45) is 0 Å². The smallest absolute Gasteiger partial charge is 0.190 e. The van der Waals surface area contributed by atoms with Gasteiger partial charge in [0.1, 0.15) is 30.2 Å². The average molecular weight is 396 g/mol. The van der Waals surface area contributed by atoms with Crippen molar-refractivity contribution in [2.45, 2.75) is 83.1 Å². The highest BCUT2D eigenvalue weighted by Crippen LogP contribution is 2.39. The Bertz CT molecular complexity index is 603. The van der Waals surface area contributed by atoms with Crippen LogP contribution in [0.4, 0.5) is 0 Å².